The van der Waals surface area contributed by atoms with Crippen LogP contribution in [0.3, 0.4) is 0 Å². The lowest BCUT2D eigenvalue weighted by molar-refractivity contribution is -0.149. The van der Waals surface area contributed by atoms with Gasteiger partial charge in [0.15, 0.2) is 0 Å². The van der Waals surface area contributed by atoms with E-state index < -0.39 is 5.41 Å². The van der Waals surface area contributed by atoms with E-state index in [9.17, 15) is 9.59 Å². The number of carbonyl (C=O) groups excluding carboxylic acids is 2. The molecule has 1 saturated heterocycles. The summed E-state index contributed by atoms with van der Waals surface area (Å²) in [5.74, 6) is 0.0787. The number of nitrogens with zero attached hydrogens (tertiary/aromatic N) is 1. The molecular formula is C17H22N2O2. The van der Waals surface area contributed by atoms with Crippen molar-refractivity contribution in [2.24, 2.45) is 0 Å². The average molecular weight is 286 g/mol. The number of piperazine rings is 1. The maximum absolute atomic E-state index is 13.1. The molecule has 1 N–H and O–H groups in total. The molecule has 2 aliphatic rings. The molecule has 0 radical (unpaired) electrons. The predicted octanol–water partition coefficient (Wildman–Crippen LogP) is 1.76. The van der Waals surface area contributed by atoms with Gasteiger partial charge in [0.2, 0.25) is 11.8 Å². The minimum Gasteiger partial charge on any atom is -0.353 e. The number of nitrogens with one attached hydrogen (secondary N) is 1. The Labute approximate surface area is 125 Å². The number of hydrogen-bond donors (Lipinski definition) is 1. The van der Waals surface area contributed by atoms with Gasteiger partial charge in [-0.1, -0.05) is 36.2 Å². The van der Waals surface area contributed by atoms with E-state index in [0.717, 1.165) is 24.8 Å². The van der Waals surface area contributed by atoms with Crippen LogP contribution in [0.1, 0.15) is 37.3 Å². The normalized spacial score (nSPS) is 24.2. The van der Waals surface area contributed by atoms with E-state index in [1.807, 2.05) is 13.0 Å². The van der Waals surface area contributed by atoms with Gasteiger partial charge < -0.3 is 10.2 Å². The molecule has 4 heteroatoms. The highest BCUT2D eigenvalue weighted by Gasteiger charge is 2.49. The molecule has 0 bridgehead atoms. The summed E-state index contributed by atoms with van der Waals surface area (Å²) in [5, 5.41) is 2.82. The number of amides is 2. The molecule has 3 rings (SSSR count). The Bertz CT molecular complexity index is 578. The highest BCUT2D eigenvalue weighted by Crippen LogP contribution is 2.45. The van der Waals surface area contributed by atoms with Crippen molar-refractivity contribution in [3.05, 3.63) is 35.4 Å². The summed E-state index contributed by atoms with van der Waals surface area (Å²) in [6.45, 7) is 5.03. The third-order valence-electron chi connectivity index (χ3n) is 4.95. The second kappa shape index (κ2) is 5.17. The predicted molar refractivity (Wildman–Crippen MR) is 80.9 cm³/mol. The second-order valence-electron chi connectivity index (χ2n) is 6.27. The highest BCUT2D eigenvalue weighted by atomic mass is 16.2. The standard InChI is InChI=1S/C17H22N2O2/c1-12-5-3-6-14(11-12)17(7-4-8-17)16(21)19-10-9-18-15(20)13(19)2/h3,5-6,11,13H,4,7-10H2,1-2H3,(H,18,20). The molecule has 1 heterocycles. The molecule has 1 aliphatic carbocycles. The first kappa shape index (κ1) is 14.1. The smallest absolute Gasteiger partial charge is 0.242 e. The quantitative estimate of drug-likeness (QED) is 0.900. The summed E-state index contributed by atoms with van der Waals surface area (Å²) in [6.07, 6.45) is 2.86. The van der Waals surface area contributed by atoms with Crippen LogP contribution in [0.5, 0.6) is 0 Å². The van der Waals surface area contributed by atoms with Gasteiger partial charge >= 0.3 is 0 Å². The Hall–Kier alpha value is -1.84. The summed E-state index contributed by atoms with van der Waals surface area (Å²) in [4.78, 5) is 26.7. The molecule has 1 atom stereocenters. The number of carbonyl (C=O) groups is 2. The molecule has 21 heavy (non-hydrogen) atoms. The molecule has 1 saturated carbocycles. The molecule has 1 aliphatic heterocycles. The summed E-state index contributed by atoms with van der Waals surface area (Å²) in [5.41, 5.74) is 1.88. The molecule has 0 spiro atoms. The van der Waals surface area contributed by atoms with Crippen LogP contribution < -0.4 is 5.32 Å². The van der Waals surface area contributed by atoms with Gasteiger partial charge in [-0.25, -0.2) is 0 Å². The fraction of sp³-hybridized carbons (Fsp3) is 0.529. The number of hydrogen-bond acceptors (Lipinski definition) is 2. The molecule has 1 aromatic carbocycles. The van der Waals surface area contributed by atoms with Crippen LogP contribution in [0, 0.1) is 6.92 Å². The van der Waals surface area contributed by atoms with Crippen LogP contribution in [0.2, 0.25) is 0 Å². The van der Waals surface area contributed by atoms with E-state index in [1.165, 1.54) is 5.56 Å². The first-order chi connectivity index (χ1) is 10.0. The van der Waals surface area contributed by atoms with E-state index >= 15 is 0 Å². The monoisotopic (exact) mass is 286 g/mol. The number of benzene rings is 1. The Morgan fingerprint density at radius 3 is 2.76 bits per heavy atom. The summed E-state index contributed by atoms with van der Waals surface area (Å²) in [6, 6.07) is 7.88. The fourth-order valence-corrected chi connectivity index (χ4v) is 3.43. The minimum absolute atomic E-state index is 0.0479. The molecule has 2 amide bonds. The summed E-state index contributed by atoms with van der Waals surface area (Å²) < 4.78 is 0. The number of aryl methyl sites for hydroxylation is 1. The van der Waals surface area contributed by atoms with Crippen molar-refractivity contribution < 1.29 is 9.59 Å². The molecule has 4 nitrogen and oxygen atoms in total. The molecule has 2 fully saturated rings. The highest BCUT2D eigenvalue weighted by molar-refractivity contribution is 5.94. The van der Waals surface area contributed by atoms with Gasteiger partial charge in [-0.2, -0.15) is 0 Å². The van der Waals surface area contributed by atoms with Crippen LogP contribution in [0.15, 0.2) is 24.3 Å². The molecule has 112 valence electrons. The molecular weight excluding hydrogens is 264 g/mol. The van der Waals surface area contributed by atoms with E-state index in [0.29, 0.717) is 13.1 Å². The molecule has 0 aromatic heterocycles. The zero-order valence-corrected chi connectivity index (χ0v) is 12.7. The SMILES string of the molecule is Cc1cccc(C2(C(=O)N3CCNC(=O)C3C)CCC2)c1. The van der Waals surface area contributed by atoms with Gasteiger partial charge in [0.25, 0.3) is 0 Å². The van der Waals surface area contributed by atoms with Gasteiger partial charge in [-0.15, -0.1) is 0 Å². The van der Waals surface area contributed by atoms with E-state index in [4.69, 9.17) is 0 Å². The maximum atomic E-state index is 13.1. The largest absolute Gasteiger partial charge is 0.353 e. The van der Waals surface area contributed by atoms with Gasteiger partial charge in [0, 0.05) is 13.1 Å². The maximum Gasteiger partial charge on any atom is 0.242 e. The van der Waals surface area contributed by atoms with Crippen LogP contribution in [-0.2, 0) is 15.0 Å². The van der Waals surface area contributed by atoms with Crippen molar-refractivity contribution >= 4 is 11.8 Å². The average Bonchev–Trinajstić information content (AvgIpc) is 2.40. The van der Waals surface area contributed by atoms with Gasteiger partial charge in [0.1, 0.15) is 6.04 Å². The van der Waals surface area contributed by atoms with Crippen molar-refractivity contribution in [2.75, 3.05) is 13.1 Å². The molecule has 1 aromatic rings. The zero-order chi connectivity index (χ0) is 15.0. The van der Waals surface area contributed by atoms with E-state index in [-0.39, 0.29) is 17.9 Å². The van der Waals surface area contributed by atoms with Gasteiger partial charge in [-0.05, 0) is 32.3 Å². The summed E-state index contributed by atoms with van der Waals surface area (Å²) >= 11 is 0. The van der Waals surface area contributed by atoms with Crippen molar-refractivity contribution in [3.63, 3.8) is 0 Å². The topological polar surface area (TPSA) is 49.4 Å². The first-order valence-electron chi connectivity index (χ1n) is 7.70. The fourth-order valence-electron chi connectivity index (χ4n) is 3.43. The van der Waals surface area contributed by atoms with Gasteiger partial charge in [-0.3, -0.25) is 9.59 Å². The lowest BCUT2D eigenvalue weighted by Gasteiger charge is -2.46. The van der Waals surface area contributed by atoms with Crippen LogP contribution in [0.4, 0.5) is 0 Å². The van der Waals surface area contributed by atoms with Crippen LogP contribution in [0.25, 0.3) is 0 Å². The lowest BCUT2D eigenvalue weighted by atomic mass is 9.63. The first-order valence-corrected chi connectivity index (χ1v) is 7.70. The van der Waals surface area contributed by atoms with Crippen molar-refractivity contribution in [1.29, 1.82) is 0 Å². The third-order valence-corrected chi connectivity index (χ3v) is 4.95. The summed E-state index contributed by atoms with van der Waals surface area (Å²) in [7, 11) is 0. The Balaban J connectivity index is 1.92. The van der Waals surface area contributed by atoms with E-state index in [1.54, 1.807) is 4.90 Å². The Kier molecular flexibility index (Phi) is 3.47. The van der Waals surface area contributed by atoms with Crippen molar-refractivity contribution in [3.8, 4) is 0 Å². The van der Waals surface area contributed by atoms with Crippen LogP contribution >= 0.6 is 0 Å². The van der Waals surface area contributed by atoms with E-state index in [2.05, 4.69) is 30.4 Å². The van der Waals surface area contributed by atoms with Crippen LogP contribution in [-0.4, -0.2) is 35.8 Å². The zero-order valence-electron chi connectivity index (χ0n) is 12.7. The number of rotatable bonds is 2. The van der Waals surface area contributed by atoms with Crippen molar-refractivity contribution in [1.82, 2.24) is 10.2 Å². The Morgan fingerprint density at radius 2 is 2.14 bits per heavy atom. The van der Waals surface area contributed by atoms with Crippen molar-refractivity contribution in [2.45, 2.75) is 44.6 Å². The van der Waals surface area contributed by atoms with Gasteiger partial charge in [0.05, 0.1) is 5.41 Å². The molecule has 1 unspecified atom stereocenters. The minimum atomic E-state index is -0.405. The lowest BCUT2D eigenvalue weighted by Crippen LogP contribution is -2.61. The Morgan fingerprint density at radius 1 is 1.38 bits per heavy atom. The third kappa shape index (κ3) is 2.23. The second-order valence-corrected chi connectivity index (χ2v) is 6.27.